The summed E-state index contributed by atoms with van der Waals surface area (Å²) >= 11 is 0. The smallest absolute Gasteiger partial charge is 0.302 e. The zero-order valence-corrected chi connectivity index (χ0v) is 8.83. The average molecular weight is 198 g/mol. The van der Waals surface area contributed by atoms with Crippen molar-refractivity contribution in [2.75, 3.05) is 20.3 Å². The molecule has 0 unspecified atom stereocenters. The van der Waals surface area contributed by atoms with E-state index in [4.69, 9.17) is 10.2 Å². The molecule has 0 aromatic heterocycles. The van der Waals surface area contributed by atoms with Crippen molar-refractivity contribution in [3.8, 4) is 0 Å². The van der Waals surface area contributed by atoms with Crippen LogP contribution in [-0.2, 0) is 9.53 Å². The topological polar surface area (TPSA) is 98.3 Å². The largest absolute Gasteiger partial charge is 0.466 e. The minimum Gasteiger partial charge on any atom is -0.466 e. The van der Waals surface area contributed by atoms with Crippen LogP contribution >= 0.6 is 0 Å². The summed E-state index contributed by atoms with van der Waals surface area (Å²) in [4.78, 5) is 9.82. The molecule has 0 aromatic carbocycles. The highest BCUT2D eigenvalue weighted by atomic mass is 16.5. The van der Waals surface area contributed by atoms with Crippen molar-refractivity contribution in [1.29, 1.82) is 0 Å². The van der Waals surface area contributed by atoms with Gasteiger partial charge in [-0.2, -0.15) is 0 Å². The first kappa shape index (κ1) is 22.8. The van der Waals surface area contributed by atoms with Gasteiger partial charge >= 0.3 is 5.97 Å². The first-order valence-corrected chi connectivity index (χ1v) is 3.87. The maximum atomic E-state index is 9.82. The van der Waals surface area contributed by atoms with Crippen molar-refractivity contribution in [1.82, 2.24) is 0 Å². The van der Waals surface area contributed by atoms with Crippen LogP contribution in [0.2, 0.25) is 0 Å². The number of carbonyl (C=O) groups is 1. The molecule has 0 heterocycles. The molecule has 0 aliphatic rings. The summed E-state index contributed by atoms with van der Waals surface area (Å²) in [5.41, 5.74) is 0. The fraction of sp³-hybridized carbons (Fsp3) is 0.875. The van der Waals surface area contributed by atoms with Gasteiger partial charge in [-0.25, -0.2) is 0 Å². The van der Waals surface area contributed by atoms with Crippen molar-refractivity contribution < 1.29 is 25.2 Å². The van der Waals surface area contributed by atoms with Crippen LogP contribution in [0.5, 0.6) is 0 Å². The number of rotatable bonds is 2. The molecule has 4 N–H and O–H groups in total. The summed E-state index contributed by atoms with van der Waals surface area (Å²) in [5, 5.41) is 14.9. The van der Waals surface area contributed by atoms with Crippen LogP contribution in [0.4, 0.5) is 0 Å². The highest BCUT2D eigenvalue weighted by Gasteiger charge is 1.81. The Bertz CT molecular complexity index is 72.9. The minimum atomic E-state index is -0.211. The van der Waals surface area contributed by atoms with Gasteiger partial charge in [0.15, 0.2) is 0 Å². The molecule has 0 rings (SSSR count). The summed E-state index contributed by atoms with van der Waals surface area (Å²) in [6, 6.07) is 0. The zero-order chi connectivity index (χ0) is 10.4. The highest BCUT2D eigenvalue weighted by molar-refractivity contribution is 5.65. The van der Waals surface area contributed by atoms with Crippen LogP contribution in [-0.4, -0.2) is 42.0 Å². The van der Waals surface area contributed by atoms with E-state index in [1.807, 2.05) is 6.92 Å². The Kier molecular flexibility index (Phi) is 52.9. The predicted molar refractivity (Wildman–Crippen MR) is 51.4 cm³/mol. The lowest BCUT2D eigenvalue weighted by molar-refractivity contribution is -0.140. The van der Waals surface area contributed by atoms with Gasteiger partial charge in [0.05, 0.1) is 6.61 Å². The summed E-state index contributed by atoms with van der Waals surface area (Å²) in [6.07, 6.45) is 0.875. The van der Waals surface area contributed by atoms with E-state index in [0.717, 1.165) is 13.5 Å². The molecule has 0 aromatic rings. The quantitative estimate of drug-likeness (QED) is 0.597. The Hall–Kier alpha value is -0.650. The first-order valence-electron chi connectivity index (χ1n) is 3.87. The fourth-order valence-corrected chi connectivity index (χ4v) is 0.203. The van der Waals surface area contributed by atoms with Gasteiger partial charge in [-0.1, -0.05) is 6.92 Å². The van der Waals surface area contributed by atoms with E-state index in [1.165, 1.54) is 6.92 Å². The van der Waals surface area contributed by atoms with Gasteiger partial charge in [-0.05, 0) is 13.3 Å². The van der Waals surface area contributed by atoms with Gasteiger partial charge in [-0.3, -0.25) is 4.79 Å². The van der Waals surface area contributed by atoms with E-state index in [1.54, 1.807) is 6.92 Å². The molecule has 5 nitrogen and oxygen atoms in total. The third-order valence-corrected chi connectivity index (χ3v) is 0.571. The van der Waals surface area contributed by atoms with Crippen LogP contribution in [0.25, 0.3) is 0 Å². The lowest BCUT2D eigenvalue weighted by Crippen LogP contribution is -1.95. The maximum absolute atomic E-state index is 9.82. The van der Waals surface area contributed by atoms with E-state index in [9.17, 15) is 4.79 Å². The lowest BCUT2D eigenvalue weighted by Gasteiger charge is -1.89. The second-order valence-corrected chi connectivity index (χ2v) is 1.65. The Morgan fingerprint density at radius 3 is 1.62 bits per heavy atom. The number of aliphatic hydroxyl groups is 2. The molecule has 84 valence electrons. The van der Waals surface area contributed by atoms with Gasteiger partial charge in [0.2, 0.25) is 0 Å². The molecule has 0 spiro atoms. The lowest BCUT2D eigenvalue weighted by atomic mass is 10.5. The van der Waals surface area contributed by atoms with Gasteiger partial charge in [-0.15, -0.1) is 0 Å². The summed E-state index contributed by atoms with van der Waals surface area (Å²) < 4.78 is 4.40. The molecular formula is C8H22O5. The third-order valence-electron chi connectivity index (χ3n) is 0.571. The van der Waals surface area contributed by atoms with Crippen LogP contribution in [0.15, 0.2) is 0 Å². The molecule has 13 heavy (non-hydrogen) atoms. The molecule has 0 amide bonds. The van der Waals surface area contributed by atoms with Crippen molar-refractivity contribution in [3.05, 3.63) is 0 Å². The van der Waals surface area contributed by atoms with Crippen molar-refractivity contribution in [2.24, 2.45) is 0 Å². The van der Waals surface area contributed by atoms with E-state index < -0.39 is 0 Å². The molecule has 0 saturated carbocycles. The second-order valence-electron chi connectivity index (χ2n) is 1.65. The average Bonchev–Trinajstić information content (AvgIpc) is 2.08. The standard InChI is InChI=1S/C4H8O2.C3H8O.CH4O.H2O/c1-3-6-4(2)5;1-2-3-4;1-2;/h3H2,1-2H3;4H,2-3H2,1H3;2H,1H3;1H2. The number of esters is 1. The van der Waals surface area contributed by atoms with Crippen molar-refractivity contribution in [2.45, 2.75) is 27.2 Å². The molecule has 0 aliphatic heterocycles. The van der Waals surface area contributed by atoms with Gasteiger partial charge in [0.1, 0.15) is 0 Å². The second kappa shape index (κ2) is 30.2. The third kappa shape index (κ3) is 88.4. The number of ether oxygens (including phenoxy) is 1. The minimum absolute atomic E-state index is 0. The van der Waals surface area contributed by atoms with Crippen LogP contribution in [0.3, 0.4) is 0 Å². The number of hydrogen-bond acceptors (Lipinski definition) is 4. The van der Waals surface area contributed by atoms with Crippen molar-refractivity contribution >= 4 is 5.97 Å². The Labute approximate surface area is 79.6 Å². The van der Waals surface area contributed by atoms with Crippen molar-refractivity contribution in [3.63, 3.8) is 0 Å². The van der Waals surface area contributed by atoms with Gasteiger partial charge < -0.3 is 20.4 Å². The molecular weight excluding hydrogens is 176 g/mol. The maximum Gasteiger partial charge on any atom is 0.302 e. The van der Waals surface area contributed by atoms with Gasteiger partial charge in [0, 0.05) is 20.6 Å². The van der Waals surface area contributed by atoms with E-state index >= 15 is 0 Å². The Morgan fingerprint density at radius 2 is 1.62 bits per heavy atom. The summed E-state index contributed by atoms with van der Waals surface area (Å²) in [5.74, 6) is -0.211. The molecule has 0 atom stereocenters. The van der Waals surface area contributed by atoms with Crippen LogP contribution in [0.1, 0.15) is 27.2 Å². The SMILES string of the molecule is CCCO.CCOC(C)=O.CO.O. The predicted octanol–water partition coefficient (Wildman–Crippen LogP) is -0.258. The fourth-order valence-electron chi connectivity index (χ4n) is 0.203. The van der Waals surface area contributed by atoms with Gasteiger partial charge in [0.25, 0.3) is 0 Å². The number of aliphatic hydroxyl groups excluding tert-OH is 2. The number of carbonyl (C=O) groups excluding carboxylic acids is 1. The molecule has 0 aliphatic carbocycles. The number of hydrogen-bond donors (Lipinski definition) is 2. The Morgan fingerprint density at radius 1 is 1.31 bits per heavy atom. The van der Waals surface area contributed by atoms with Crippen LogP contribution in [0, 0.1) is 0 Å². The summed E-state index contributed by atoms with van der Waals surface area (Å²) in [7, 11) is 1.00. The van der Waals surface area contributed by atoms with E-state index in [2.05, 4.69) is 4.74 Å². The van der Waals surface area contributed by atoms with E-state index in [-0.39, 0.29) is 11.4 Å². The Balaban J connectivity index is -0.0000000512. The highest BCUT2D eigenvalue weighted by Crippen LogP contribution is 1.69. The zero-order valence-electron chi connectivity index (χ0n) is 8.83. The molecule has 0 saturated heterocycles. The first-order chi connectivity index (χ1) is 5.68. The summed E-state index contributed by atoms with van der Waals surface area (Å²) in [6.45, 7) is 5.90. The molecule has 0 radical (unpaired) electrons. The molecule has 0 bridgehead atoms. The normalized spacial score (nSPS) is 6.31. The molecule has 5 heteroatoms. The van der Waals surface area contributed by atoms with E-state index in [0.29, 0.717) is 13.2 Å². The molecule has 0 fully saturated rings. The van der Waals surface area contributed by atoms with Crippen LogP contribution < -0.4 is 0 Å². The monoisotopic (exact) mass is 198 g/mol.